The Labute approximate surface area is 123 Å². The van der Waals surface area contributed by atoms with Crippen molar-refractivity contribution in [1.82, 2.24) is 9.80 Å². The zero-order valence-electron chi connectivity index (χ0n) is 11.0. The van der Waals surface area contributed by atoms with E-state index in [1.165, 1.54) is 0 Å². The monoisotopic (exact) mass is 301 g/mol. The maximum absolute atomic E-state index is 12.1. The fraction of sp³-hybridized carbons (Fsp3) is 0.462. The molecule has 1 fully saturated rings. The highest BCUT2D eigenvalue weighted by atomic mass is 35.5. The third-order valence-electron chi connectivity index (χ3n) is 3.35. The van der Waals surface area contributed by atoms with Crippen molar-refractivity contribution in [3.63, 3.8) is 0 Å². The number of nitrogens with zero attached hydrogens (tertiary/aromatic N) is 2. The number of likely N-dealkylation sites (tertiary alicyclic amines) is 1. The summed E-state index contributed by atoms with van der Waals surface area (Å²) in [6, 6.07) is 5.30. The Morgan fingerprint density at radius 1 is 1.42 bits per heavy atom. The molecule has 1 aromatic rings. The van der Waals surface area contributed by atoms with E-state index in [1.807, 2.05) is 14.1 Å². The summed E-state index contributed by atoms with van der Waals surface area (Å²) in [7, 11) is 4.06. The smallest absolute Gasteiger partial charge is 0.321 e. The molecule has 2 rings (SSSR count). The minimum atomic E-state index is -0.131. The molecule has 1 aliphatic heterocycles. The summed E-state index contributed by atoms with van der Waals surface area (Å²) in [6.45, 7) is 1.49. The van der Waals surface area contributed by atoms with E-state index < -0.39 is 0 Å². The highest BCUT2D eigenvalue weighted by Gasteiger charge is 2.27. The van der Waals surface area contributed by atoms with Gasteiger partial charge in [-0.05, 0) is 38.7 Å². The van der Waals surface area contributed by atoms with E-state index in [2.05, 4.69) is 10.2 Å². The number of carbonyl (C=O) groups is 1. The van der Waals surface area contributed by atoms with Crippen LogP contribution < -0.4 is 5.32 Å². The first-order valence-corrected chi connectivity index (χ1v) is 6.90. The highest BCUT2D eigenvalue weighted by molar-refractivity contribution is 6.35. The summed E-state index contributed by atoms with van der Waals surface area (Å²) in [6.07, 6.45) is 0.990. The lowest BCUT2D eigenvalue weighted by atomic mass is 10.2. The molecule has 1 N–H and O–H groups in total. The topological polar surface area (TPSA) is 35.6 Å². The van der Waals surface area contributed by atoms with Crippen molar-refractivity contribution in [3.8, 4) is 0 Å². The molecule has 19 heavy (non-hydrogen) atoms. The van der Waals surface area contributed by atoms with Gasteiger partial charge in [-0.3, -0.25) is 0 Å². The average Bonchev–Trinajstić information content (AvgIpc) is 2.83. The predicted molar refractivity (Wildman–Crippen MR) is 79.1 cm³/mol. The highest BCUT2D eigenvalue weighted by Crippen LogP contribution is 2.26. The largest absolute Gasteiger partial charge is 0.323 e. The third-order valence-corrected chi connectivity index (χ3v) is 3.92. The molecule has 1 saturated heterocycles. The SMILES string of the molecule is CN(C)C1CCN(C(=O)Nc2cc(Cl)ccc2Cl)C1. The van der Waals surface area contributed by atoms with Gasteiger partial charge in [-0.1, -0.05) is 23.2 Å². The number of nitrogens with one attached hydrogen (secondary N) is 1. The number of anilines is 1. The molecule has 0 aromatic heterocycles. The Hall–Kier alpha value is -0.970. The van der Waals surface area contributed by atoms with Crippen LogP contribution in [-0.2, 0) is 0 Å². The summed E-state index contributed by atoms with van der Waals surface area (Å²) < 4.78 is 0. The average molecular weight is 302 g/mol. The van der Waals surface area contributed by atoms with Crippen LogP contribution in [0.15, 0.2) is 18.2 Å². The zero-order valence-corrected chi connectivity index (χ0v) is 12.5. The molecular weight excluding hydrogens is 285 g/mol. The first-order valence-electron chi connectivity index (χ1n) is 6.15. The second kappa shape index (κ2) is 5.99. The lowest BCUT2D eigenvalue weighted by Gasteiger charge is -2.21. The van der Waals surface area contributed by atoms with Crippen molar-refractivity contribution >= 4 is 34.9 Å². The van der Waals surface area contributed by atoms with Crippen LogP contribution in [0.4, 0.5) is 10.5 Å². The zero-order chi connectivity index (χ0) is 14.0. The summed E-state index contributed by atoms with van der Waals surface area (Å²) in [5.74, 6) is 0. The molecule has 1 heterocycles. The Kier molecular flexibility index (Phi) is 4.55. The normalized spacial score (nSPS) is 19.0. The van der Waals surface area contributed by atoms with E-state index in [0.29, 0.717) is 21.8 Å². The molecule has 1 atom stereocenters. The van der Waals surface area contributed by atoms with Gasteiger partial charge in [-0.25, -0.2) is 4.79 Å². The number of amides is 2. The first-order chi connectivity index (χ1) is 8.97. The van der Waals surface area contributed by atoms with Crippen molar-refractivity contribution in [2.24, 2.45) is 0 Å². The van der Waals surface area contributed by atoms with E-state index >= 15 is 0 Å². The van der Waals surface area contributed by atoms with Gasteiger partial charge in [0.05, 0.1) is 10.7 Å². The second-order valence-electron chi connectivity index (χ2n) is 4.91. The predicted octanol–water partition coefficient (Wildman–Crippen LogP) is 3.16. The van der Waals surface area contributed by atoms with Gasteiger partial charge in [-0.15, -0.1) is 0 Å². The van der Waals surface area contributed by atoms with Gasteiger partial charge in [-0.2, -0.15) is 0 Å². The summed E-state index contributed by atoms with van der Waals surface area (Å²) in [4.78, 5) is 16.1. The molecule has 1 aromatic carbocycles. The standard InChI is InChI=1S/C13H17Cl2N3O/c1-17(2)10-5-6-18(8-10)13(19)16-12-7-9(14)3-4-11(12)15/h3-4,7,10H,5-6,8H2,1-2H3,(H,16,19). The van der Waals surface area contributed by atoms with Crippen molar-refractivity contribution in [2.75, 3.05) is 32.5 Å². The summed E-state index contributed by atoms with van der Waals surface area (Å²) in [5.41, 5.74) is 0.549. The number of hydrogen-bond acceptors (Lipinski definition) is 2. The van der Waals surface area contributed by atoms with Crippen LogP contribution >= 0.6 is 23.2 Å². The van der Waals surface area contributed by atoms with Gasteiger partial charge >= 0.3 is 6.03 Å². The van der Waals surface area contributed by atoms with Crippen LogP contribution in [0.1, 0.15) is 6.42 Å². The van der Waals surface area contributed by atoms with E-state index in [0.717, 1.165) is 19.5 Å². The molecule has 0 radical (unpaired) electrons. The van der Waals surface area contributed by atoms with Crippen LogP contribution in [0.3, 0.4) is 0 Å². The lowest BCUT2D eigenvalue weighted by molar-refractivity contribution is 0.216. The molecule has 0 aliphatic carbocycles. The molecule has 104 valence electrons. The molecule has 0 spiro atoms. The number of benzene rings is 1. The molecule has 1 aliphatic rings. The number of halogens is 2. The second-order valence-corrected chi connectivity index (χ2v) is 5.75. The van der Waals surface area contributed by atoms with Crippen LogP contribution in [-0.4, -0.2) is 49.1 Å². The van der Waals surface area contributed by atoms with Gasteiger partial charge in [0.2, 0.25) is 0 Å². The maximum atomic E-state index is 12.1. The number of urea groups is 1. The first kappa shape index (κ1) is 14.4. The van der Waals surface area contributed by atoms with E-state index in [1.54, 1.807) is 23.1 Å². The van der Waals surface area contributed by atoms with Gasteiger partial charge in [0.1, 0.15) is 0 Å². The Bertz CT molecular complexity index is 479. The fourth-order valence-electron chi connectivity index (χ4n) is 2.14. The molecule has 1 unspecified atom stereocenters. The van der Waals surface area contributed by atoms with Crippen LogP contribution in [0.5, 0.6) is 0 Å². The van der Waals surface area contributed by atoms with Crippen LogP contribution in [0.25, 0.3) is 0 Å². The van der Waals surface area contributed by atoms with E-state index in [-0.39, 0.29) is 6.03 Å². The fourth-order valence-corrected chi connectivity index (χ4v) is 2.47. The number of likely N-dealkylation sites (N-methyl/N-ethyl adjacent to an activating group) is 1. The van der Waals surface area contributed by atoms with E-state index in [9.17, 15) is 4.79 Å². The molecule has 6 heteroatoms. The summed E-state index contributed by atoms with van der Waals surface area (Å²) >= 11 is 11.9. The van der Waals surface area contributed by atoms with Crippen molar-refractivity contribution in [1.29, 1.82) is 0 Å². The number of carbonyl (C=O) groups excluding carboxylic acids is 1. The number of hydrogen-bond donors (Lipinski definition) is 1. The molecule has 0 bridgehead atoms. The Morgan fingerprint density at radius 2 is 2.16 bits per heavy atom. The third kappa shape index (κ3) is 3.53. The minimum absolute atomic E-state index is 0.131. The Balaban J connectivity index is 2.00. The molecular formula is C13H17Cl2N3O. The van der Waals surface area contributed by atoms with Crippen molar-refractivity contribution < 1.29 is 4.79 Å². The minimum Gasteiger partial charge on any atom is -0.323 e. The Morgan fingerprint density at radius 3 is 2.79 bits per heavy atom. The molecule has 2 amide bonds. The van der Waals surface area contributed by atoms with Crippen molar-refractivity contribution in [3.05, 3.63) is 28.2 Å². The lowest BCUT2D eigenvalue weighted by Crippen LogP contribution is -2.36. The van der Waals surface area contributed by atoms with Gasteiger partial charge in [0, 0.05) is 24.2 Å². The van der Waals surface area contributed by atoms with E-state index in [4.69, 9.17) is 23.2 Å². The molecule has 0 saturated carbocycles. The van der Waals surface area contributed by atoms with Crippen LogP contribution in [0, 0.1) is 0 Å². The van der Waals surface area contributed by atoms with Gasteiger partial charge in [0.25, 0.3) is 0 Å². The number of rotatable bonds is 2. The maximum Gasteiger partial charge on any atom is 0.321 e. The van der Waals surface area contributed by atoms with Crippen molar-refractivity contribution in [2.45, 2.75) is 12.5 Å². The quantitative estimate of drug-likeness (QED) is 0.911. The summed E-state index contributed by atoms with van der Waals surface area (Å²) in [5, 5.41) is 3.84. The van der Waals surface area contributed by atoms with Gasteiger partial charge < -0.3 is 15.1 Å². The van der Waals surface area contributed by atoms with Gasteiger partial charge in [0.15, 0.2) is 0 Å². The van der Waals surface area contributed by atoms with Crippen LogP contribution in [0.2, 0.25) is 10.0 Å². The molecule has 4 nitrogen and oxygen atoms in total.